The Morgan fingerprint density at radius 2 is 2.06 bits per heavy atom. The predicted octanol–water partition coefficient (Wildman–Crippen LogP) is 4.42. The number of hydrogen-bond acceptors (Lipinski definition) is 3. The minimum atomic E-state index is -0.142. The molecule has 0 aromatic heterocycles. The lowest BCUT2D eigenvalue weighted by Crippen LogP contribution is -2.04. The van der Waals surface area contributed by atoms with Gasteiger partial charge in [-0.1, -0.05) is 49.4 Å². The average Bonchev–Trinajstić information content (AvgIpc) is 2.38. The Kier molecular flexibility index (Phi) is 7.26. The summed E-state index contributed by atoms with van der Waals surface area (Å²) in [6.45, 7) is 4.62. The third kappa shape index (κ3) is 6.50. The zero-order valence-corrected chi connectivity index (χ0v) is 11.8. The number of ether oxygens (including phenoxy) is 1. The van der Waals surface area contributed by atoms with Crippen molar-refractivity contribution in [3.8, 4) is 0 Å². The van der Waals surface area contributed by atoms with E-state index in [2.05, 4.69) is 19.1 Å². The van der Waals surface area contributed by atoms with Crippen molar-refractivity contribution < 1.29 is 9.53 Å². The molecule has 0 fully saturated rings. The number of rotatable bonds is 7. The molecule has 0 amide bonds. The van der Waals surface area contributed by atoms with E-state index in [1.165, 1.54) is 4.90 Å². The largest absolute Gasteiger partial charge is 0.465 e. The smallest absolute Gasteiger partial charge is 0.309 e. The molecule has 1 aromatic carbocycles. The quantitative estimate of drug-likeness (QED) is 0.414. The molecule has 0 aliphatic rings. The maximum absolute atomic E-state index is 11.4. The third-order valence-corrected chi connectivity index (χ3v) is 3.34. The molecule has 0 unspecified atom stereocenters. The monoisotopic (exact) mass is 264 g/mol. The van der Waals surface area contributed by atoms with Crippen molar-refractivity contribution in [2.75, 3.05) is 6.61 Å². The second-order valence-corrected chi connectivity index (χ2v) is 5.33. The van der Waals surface area contributed by atoms with Crippen LogP contribution in [0.2, 0.25) is 0 Å². The van der Waals surface area contributed by atoms with Gasteiger partial charge in [0.2, 0.25) is 0 Å². The Hall–Kier alpha value is -1.22. The van der Waals surface area contributed by atoms with Gasteiger partial charge >= 0.3 is 5.97 Å². The fourth-order valence-electron chi connectivity index (χ4n) is 1.33. The van der Waals surface area contributed by atoms with Crippen molar-refractivity contribution in [3.05, 3.63) is 41.3 Å². The number of carbonyl (C=O) groups excluding carboxylic acids is 1. The number of unbranched alkanes of at least 4 members (excludes halogenated alkanes) is 1. The Balaban J connectivity index is 2.31. The molecule has 0 saturated heterocycles. The molecule has 0 heterocycles. The first-order valence-electron chi connectivity index (χ1n) is 6.27. The molecule has 0 atom stereocenters. The summed E-state index contributed by atoms with van der Waals surface area (Å²) in [6.07, 6.45) is 4.26. The molecule has 0 radical (unpaired) electrons. The highest BCUT2D eigenvalue weighted by molar-refractivity contribution is 8.03. The molecule has 0 aliphatic heterocycles. The van der Waals surface area contributed by atoms with E-state index in [1.807, 2.05) is 31.2 Å². The van der Waals surface area contributed by atoms with Crippen LogP contribution in [0.3, 0.4) is 0 Å². The van der Waals surface area contributed by atoms with Crippen LogP contribution in [-0.4, -0.2) is 12.6 Å². The molecule has 0 saturated carbocycles. The highest BCUT2D eigenvalue weighted by Gasteiger charge is 2.01. The molecule has 1 aromatic rings. The zero-order valence-electron chi connectivity index (χ0n) is 11.0. The van der Waals surface area contributed by atoms with Crippen LogP contribution in [0.5, 0.6) is 0 Å². The molecule has 98 valence electrons. The van der Waals surface area contributed by atoms with Crippen LogP contribution in [0.1, 0.15) is 33.1 Å². The van der Waals surface area contributed by atoms with Gasteiger partial charge in [-0.15, -0.1) is 0 Å². The summed E-state index contributed by atoms with van der Waals surface area (Å²) in [7, 11) is 0. The van der Waals surface area contributed by atoms with Gasteiger partial charge in [0.25, 0.3) is 0 Å². The normalized spacial score (nSPS) is 11.3. The Morgan fingerprint density at radius 3 is 2.72 bits per heavy atom. The Bertz CT molecular complexity index is 385. The van der Waals surface area contributed by atoms with Crippen LogP contribution in [-0.2, 0) is 9.53 Å². The van der Waals surface area contributed by atoms with Crippen LogP contribution >= 0.6 is 11.8 Å². The van der Waals surface area contributed by atoms with Gasteiger partial charge in [0.05, 0.1) is 13.0 Å². The number of allylic oxidation sites excluding steroid dienone is 1. The molecule has 18 heavy (non-hydrogen) atoms. The lowest BCUT2D eigenvalue weighted by molar-refractivity contribution is -0.142. The van der Waals surface area contributed by atoms with E-state index in [4.69, 9.17) is 4.74 Å². The van der Waals surface area contributed by atoms with Crippen molar-refractivity contribution >= 4 is 17.7 Å². The minimum Gasteiger partial charge on any atom is -0.465 e. The van der Waals surface area contributed by atoms with Crippen molar-refractivity contribution in [2.24, 2.45) is 0 Å². The Morgan fingerprint density at radius 1 is 1.33 bits per heavy atom. The van der Waals surface area contributed by atoms with Gasteiger partial charge < -0.3 is 4.74 Å². The highest BCUT2D eigenvalue weighted by atomic mass is 32.2. The first kappa shape index (κ1) is 14.8. The lowest BCUT2D eigenvalue weighted by Gasteiger charge is -2.03. The van der Waals surface area contributed by atoms with Gasteiger partial charge in [-0.05, 0) is 30.4 Å². The van der Waals surface area contributed by atoms with Gasteiger partial charge in [0.1, 0.15) is 0 Å². The van der Waals surface area contributed by atoms with Crippen LogP contribution < -0.4 is 0 Å². The Labute approximate surface area is 113 Å². The molecule has 3 heteroatoms. The summed E-state index contributed by atoms with van der Waals surface area (Å²) in [6, 6.07) is 10.1. The summed E-state index contributed by atoms with van der Waals surface area (Å²) >= 11 is 1.67. The van der Waals surface area contributed by atoms with Gasteiger partial charge in [-0.25, -0.2) is 0 Å². The first-order chi connectivity index (χ1) is 8.72. The highest BCUT2D eigenvalue weighted by Crippen LogP contribution is 2.25. The third-order valence-electron chi connectivity index (χ3n) is 2.34. The van der Waals surface area contributed by atoms with Crippen molar-refractivity contribution in [1.82, 2.24) is 0 Å². The number of hydrogen-bond donors (Lipinski definition) is 0. The zero-order chi connectivity index (χ0) is 13.2. The van der Waals surface area contributed by atoms with Crippen molar-refractivity contribution in [3.63, 3.8) is 0 Å². The topological polar surface area (TPSA) is 26.3 Å². The van der Waals surface area contributed by atoms with Crippen LogP contribution in [0, 0.1) is 0 Å². The first-order valence-corrected chi connectivity index (χ1v) is 7.09. The number of benzene rings is 1. The van der Waals surface area contributed by atoms with Crippen molar-refractivity contribution in [2.45, 2.75) is 38.0 Å². The minimum absolute atomic E-state index is 0.142. The molecule has 0 N–H and O–H groups in total. The average molecular weight is 264 g/mol. The molecule has 0 spiro atoms. The molecule has 1 rings (SSSR count). The van der Waals surface area contributed by atoms with Crippen molar-refractivity contribution in [1.29, 1.82) is 0 Å². The summed E-state index contributed by atoms with van der Waals surface area (Å²) in [5.41, 5.74) is 0. The molecular formula is C15H20O2S. The maximum atomic E-state index is 11.4. The lowest BCUT2D eigenvalue weighted by atomic mass is 10.3. The summed E-state index contributed by atoms with van der Waals surface area (Å²) < 4.78 is 5.09. The van der Waals surface area contributed by atoms with E-state index in [-0.39, 0.29) is 5.97 Å². The van der Waals surface area contributed by atoms with Crippen LogP contribution in [0.4, 0.5) is 0 Å². The maximum Gasteiger partial charge on any atom is 0.309 e. The van der Waals surface area contributed by atoms with E-state index in [9.17, 15) is 4.79 Å². The van der Waals surface area contributed by atoms with E-state index < -0.39 is 0 Å². The summed E-state index contributed by atoms with van der Waals surface area (Å²) in [5.74, 6) is -0.142. The standard InChI is InChI=1S/C15H20O2S/c1-3-4-12-17-15(16)11-10-13(2)18-14-8-6-5-7-9-14/h5-10H,3-4,11-12H2,1-2H3/b13-10+. The molecule has 2 nitrogen and oxygen atoms in total. The fraction of sp³-hybridized carbons (Fsp3) is 0.400. The van der Waals surface area contributed by atoms with Gasteiger partial charge in [0.15, 0.2) is 0 Å². The summed E-state index contributed by atoms with van der Waals surface area (Å²) in [5, 5.41) is 0. The number of esters is 1. The number of carbonyl (C=O) groups is 1. The van der Waals surface area contributed by atoms with Gasteiger partial charge in [-0.2, -0.15) is 0 Å². The molecule has 0 bridgehead atoms. The van der Waals surface area contributed by atoms with Crippen LogP contribution in [0.15, 0.2) is 46.2 Å². The second-order valence-electron chi connectivity index (χ2n) is 4.01. The van der Waals surface area contributed by atoms with E-state index in [0.29, 0.717) is 13.0 Å². The van der Waals surface area contributed by atoms with E-state index in [0.717, 1.165) is 17.7 Å². The van der Waals surface area contributed by atoms with Gasteiger partial charge in [0, 0.05) is 4.90 Å². The van der Waals surface area contributed by atoms with Crippen LogP contribution in [0.25, 0.3) is 0 Å². The SMILES string of the molecule is CCCCOC(=O)C/C=C(\C)Sc1ccccc1. The second kappa shape index (κ2) is 8.81. The van der Waals surface area contributed by atoms with Gasteiger partial charge in [-0.3, -0.25) is 4.79 Å². The predicted molar refractivity (Wildman–Crippen MR) is 76.5 cm³/mol. The molecule has 0 aliphatic carbocycles. The van der Waals surface area contributed by atoms with E-state index in [1.54, 1.807) is 11.8 Å². The number of thioether (sulfide) groups is 1. The molecular weight excluding hydrogens is 244 g/mol. The van der Waals surface area contributed by atoms with E-state index >= 15 is 0 Å². The summed E-state index contributed by atoms with van der Waals surface area (Å²) in [4.78, 5) is 13.7. The fourth-order valence-corrected chi connectivity index (χ4v) is 2.16.